The third kappa shape index (κ3) is 5.97. The second kappa shape index (κ2) is 13.0. The van der Waals surface area contributed by atoms with E-state index in [1.807, 2.05) is 12.1 Å². The molecule has 44 heavy (non-hydrogen) atoms. The number of hydrogen-bond donors (Lipinski definition) is 1. The molecule has 0 saturated heterocycles. The highest BCUT2D eigenvalue weighted by atomic mass is 79.9. The maximum Gasteiger partial charge on any atom is 0.322 e. The predicted molar refractivity (Wildman–Crippen MR) is 162 cm³/mol. The molecule has 0 radical (unpaired) electrons. The van der Waals surface area contributed by atoms with Gasteiger partial charge in [0, 0.05) is 27.7 Å². The number of anilines is 1. The lowest BCUT2D eigenvalue weighted by Crippen LogP contribution is -2.23. The number of ether oxygens (including phenoxy) is 6. The average Bonchev–Trinajstić information content (AvgIpc) is 3.51. The van der Waals surface area contributed by atoms with Crippen molar-refractivity contribution < 1.29 is 42.1 Å². The van der Waals surface area contributed by atoms with Crippen molar-refractivity contribution in [2.24, 2.45) is 0 Å². The minimum absolute atomic E-state index is 0.0143. The molecule has 0 saturated carbocycles. The SMILES string of the molecule is COc1cc(OC)c2c(=O)c(OCC(=O)Nc3nnc(-c4cccc(Br)c4)o3)c(-c3cc(OC)c(OC)c(OC)c3)oc2c1. The smallest absolute Gasteiger partial charge is 0.322 e. The van der Waals surface area contributed by atoms with Crippen molar-refractivity contribution in [2.75, 3.05) is 47.5 Å². The Balaban J connectivity index is 1.53. The number of fused-ring (bicyclic) bond motifs is 1. The lowest BCUT2D eigenvalue weighted by atomic mass is 10.1. The highest BCUT2D eigenvalue weighted by molar-refractivity contribution is 9.10. The molecule has 13 nitrogen and oxygen atoms in total. The van der Waals surface area contributed by atoms with Gasteiger partial charge < -0.3 is 37.3 Å². The fourth-order valence-electron chi connectivity index (χ4n) is 4.36. The number of aromatic nitrogens is 2. The zero-order valence-corrected chi connectivity index (χ0v) is 25.8. The summed E-state index contributed by atoms with van der Waals surface area (Å²) in [5.41, 5.74) is 0.541. The summed E-state index contributed by atoms with van der Waals surface area (Å²) in [5, 5.41) is 10.4. The Hall–Kier alpha value is -5.24. The predicted octanol–water partition coefficient (Wildman–Crippen LogP) is 5.33. The van der Waals surface area contributed by atoms with Crippen LogP contribution in [0.4, 0.5) is 6.01 Å². The van der Waals surface area contributed by atoms with Crippen molar-refractivity contribution in [2.45, 2.75) is 0 Å². The quantitative estimate of drug-likeness (QED) is 0.193. The van der Waals surface area contributed by atoms with Crippen molar-refractivity contribution in [1.82, 2.24) is 10.2 Å². The van der Waals surface area contributed by atoms with E-state index in [9.17, 15) is 9.59 Å². The lowest BCUT2D eigenvalue weighted by Gasteiger charge is -2.16. The van der Waals surface area contributed by atoms with E-state index in [1.165, 1.54) is 47.7 Å². The number of carbonyl (C=O) groups is 1. The number of nitrogens with zero attached hydrogens (tertiary/aromatic N) is 2. The number of methoxy groups -OCH3 is 5. The maximum absolute atomic E-state index is 13.9. The van der Waals surface area contributed by atoms with Gasteiger partial charge in [0.1, 0.15) is 22.5 Å². The molecule has 0 fully saturated rings. The van der Waals surface area contributed by atoms with E-state index in [1.54, 1.807) is 24.3 Å². The number of halogens is 1. The summed E-state index contributed by atoms with van der Waals surface area (Å²) in [5.74, 6) is 0.742. The molecule has 0 bridgehead atoms. The molecule has 0 aliphatic rings. The summed E-state index contributed by atoms with van der Waals surface area (Å²) < 4.78 is 45.6. The molecular weight excluding hydrogens is 642 g/mol. The van der Waals surface area contributed by atoms with E-state index in [4.69, 9.17) is 37.3 Å². The molecule has 5 aromatic rings. The fourth-order valence-corrected chi connectivity index (χ4v) is 4.76. The first-order valence-electron chi connectivity index (χ1n) is 12.8. The normalized spacial score (nSPS) is 10.8. The van der Waals surface area contributed by atoms with Gasteiger partial charge in [-0.05, 0) is 30.3 Å². The zero-order valence-electron chi connectivity index (χ0n) is 24.2. The number of benzene rings is 3. The molecule has 3 aromatic carbocycles. The van der Waals surface area contributed by atoms with E-state index >= 15 is 0 Å². The summed E-state index contributed by atoms with van der Waals surface area (Å²) in [6.45, 7) is -0.610. The van der Waals surface area contributed by atoms with Crippen LogP contribution in [0.2, 0.25) is 0 Å². The highest BCUT2D eigenvalue weighted by Gasteiger charge is 2.25. The lowest BCUT2D eigenvalue weighted by molar-refractivity contribution is -0.118. The van der Waals surface area contributed by atoms with Crippen LogP contribution < -0.4 is 39.2 Å². The highest BCUT2D eigenvalue weighted by Crippen LogP contribution is 2.44. The van der Waals surface area contributed by atoms with Crippen molar-refractivity contribution in [3.05, 3.63) is 63.2 Å². The van der Waals surface area contributed by atoms with Gasteiger partial charge in [0.2, 0.25) is 22.8 Å². The molecular formula is C30H26BrN3O10. The summed E-state index contributed by atoms with van der Waals surface area (Å²) in [6, 6.07) is 13.3. The second-order valence-corrected chi connectivity index (χ2v) is 9.88. The molecule has 1 amide bonds. The van der Waals surface area contributed by atoms with Crippen molar-refractivity contribution in [3.63, 3.8) is 0 Å². The van der Waals surface area contributed by atoms with Crippen LogP contribution in [-0.2, 0) is 4.79 Å². The number of carbonyl (C=O) groups excluding carboxylic acids is 1. The maximum atomic E-state index is 13.9. The fraction of sp³-hybridized carbons (Fsp3) is 0.200. The van der Waals surface area contributed by atoms with E-state index in [0.717, 1.165) is 4.47 Å². The third-order valence-corrected chi connectivity index (χ3v) is 6.86. The number of rotatable bonds is 11. The van der Waals surface area contributed by atoms with E-state index in [-0.39, 0.29) is 40.1 Å². The van der Waals surface area contributed by atoms with Crippen LogP contribution in [-0.4, -0.2) is 58.3 Å². The molecule has 5 rings (SSSR count). The second-order valence-electron chi connectivity index (χ2n) is 8.97. The number of hydrogen-bond acceptors (Lipinski definition) is 12. The Kier molecular flexibility index (Phi) is 8.90. The Morgan fingerprint density at radius 3 is 2.18 bits per heavy atom. The molecule has 2 heterocycles. The first-order valence-corrected chi connectivity index (χ1v) is 13.6. The van der Waals surface area contributed by atoms with Gasteiger partial charge in [-0.15, -0.1) is 5.10 Å². The Morgan fingerprint density at radius 1 is 0.818 bits per heavy atom. The molecule has 1 N–H and O–H groups in total. The van der Waals surface area contributed by atoms with E-state index in [2.05, 4.69) is 31.4 Å². The van der Waals surface area contributed by atoms with Gasteiger partial charge in [-0.1, -0.05) is 27.1 Å². The van der Waals surface area contributed by atoms with Gasteiger partial charge >= 0.3 is 6.01 Å². The molecule has 0 unspecified atom stereocenters. The summed E-state index contributed by atoms with van der Waals surface area (Å²) >= 11 is 3.39. The standard InChI is InChI=1S/C30H26BrN3O10/c1-37-18-12-19(38-2)24-20(13-18)43-26(16-10-21(39-3)27(41-5)22(11-16)40-4)28(25(24)36)42-14-23(35)32-30-34-33-29(44-30)15-7-6-8-17(31)9-15/h6-13H,14H2,1-5H3,(H,32,34,35). The molecule has 0 aliphatic carbocycles. The van der Waals surface area contributed by atoms with Crippen LogP contribution in [0.3, 0.4) is 0 Å². The topological polar surface area (TPSA) is 154 Å². The summed E-state index contributed by atoms with van der Waals surface area (Å²) in [6.07, 6.45) is 0. The zero-order chi connectivity index (χ0) is 31.4. The largest absolute Gasteiger partial charge is 0.496 e. The monoisotopic (exact) mass is 667 g/mol. The van der Waals surface area contributed by atoms with Gasteiger partial charge in [-0.2, -0.15) is 0 Å². The minimum Gasteiger partial charge on any atom is -0.496 e. The van der Waals surface area contributed by atoms with Crippen LogP contribution >= 0.6 is 15.9 Å². The Bertz CT molecular complexity index is 1880. The van der Waals surface area contributed by atoms with Crippen LogP contribution in [0.15, 0.2) is 66.6 Å². The number of amides is 1. The molecule has 0 spiro atoms. The molecule has 228 valence electrons. The third-order valence-electron chi connectivity index (χ3n) is 6.36. The van der Waals surface area contributed by atoms with E-state index in [0.29, 0.717) is 34.1 Å². The Morgan fingerprint density at radius 2 is 1.55 bits per heavy atom. The molecule has 0 atom stereocenters. The molecule has 0 aliphatic heterocycles. The Labute approximate surface area is 258 Å². The van der Waals surface area contributed by atoms with Crippen molar-refractivity contribution >= 4 is 38.8 Å². The molecule has 2 aromatic heterocycles. The van der Waals surface area contributed by atoms with Crippen molar-refractivity contribution in [3.8, 4) is 57.3 Å². The van der Waals surface area contributed by atoms with Crippen LogP contribution in [0.25, 0.3) is 33.7 Å². The van der Waals surface area contributed by atoms with Crippen LogP contribution in [0.1, 0.15) is 0 Å². The summed E-state index contributed by atoms with van der Waals surface area (Å²) in [4.78, 5) is 26.8. The molecule has 14 heteroatoms. The van der Waals surface area contributed by atoms with Gasteiger partial charge in [-0.25, -0.2) is 0 Å². The minimum atomic E-state index is -0.675. The van der Waals surface area contributed by atoms with Crippen LogP contribution in [0.5, 0.6) is 34.5 Å². The van der Waals surface area contributed by atoms with Gasteiger partial charge in [0.25, 0.3) is 5.91 Å². The average molecular weight is 668 g/mol. The van der Waals surface area contributed by atoms with Gasteiger partial charge in [0.05, 0.1) is 35.5 Å². The van der Waals surface area contributed by atoms with Crippen molar-refractivity contribution in [1.29, 1.82) is 0 Å². The summed E-state index contributed by atoms with van der Waals surface area (Å²) in [7, 11) is 7.25. The van der Waals surface area contributed by atoms with Crippen LogP contribution in [0, 0.1) is 0 Å². The number of nitrogens with one attached hydrogen (secondary N) is 1. The van der Waals surface area contributed by atoms with Gasteiger partial charge in [0.15, 0.2) is 23.9 Å². The van der Waals surface area contributed by atoms with E-state index < -0.39 is 17.9 Å². The first-order chi connectivity index (χ1) is 21.3. The van der Waals surface area contributed by atoms with Gasteiger partial charge in [-0.3, -0.25) is 14.9 Å². The first kappa shape index (κ1) is 30.2.